The lowest BCUT2D eigenvalue weighted by atomic mass is 10.0. The number of benzene rings is 1. The van der Waals surface area contributed by atoms with Gasteiger partial charge in [0.15, 0.2) is 0 Å². The Morgan fingerprint density at radius 1 is 1.50 bits per heavy atom. The predicted molar refractivity (Wildman–Crippen MR) is 97.7 cm³/mol. The molecular formula is C19H26ClFN2O3. The van der Waals surface area contributed by atoms with E-state index in [-0.39, 0.29) is 37.0 Å². The van der Waals surface area contributed by atoms with E-state index in [9.17, 15) is 9.18 Å². The lowest BCUT2D eigenvalue weighted by Crippen LogP contribution is -2.47. The van der Waals surface area contributed by atoms with Gasteiger partial charge in [0.05, 0.1) is 25.4 Å². The van der Waals surface area contributed by atoms with Gasteiger partial charge in [-0.25, -0.2) is 4.39 Å². The van der Waals surface area contributed by atoms with Gasteiger partial charge in [-0.05, 0) is 37.8 Å². The van der Waals surface area contributed by atoms with Crippen LogP contribution in [0, 0.1) is 11.7 Å². The van der Waals surface area contributed by atoms with Gasteiger partial charge in [-0.1, -0.05) is 17.7 Å². The highest BCUT2D eigenvalue weighted by Crippen LogP contribution is 2.31. The van der Waals surface area contributed by atoms with Crippen LogP contribution in [-0.2, 0) is 14.3 Å². The molecule has 0 radical (unpaired) electrons. The monoisotopic (exact) mass is 384 g/mol. The standard InChI is InChI=1S/C19H26ClFN2O3/c1-13-10-23(7-8-26-13)17(19-15(20)3-2-4-16(19)21)9-22-18(24)12-25-11-14-5-6-14/h2-4,13-14,17H,5-12H2,1H3,(H,22,24)/t13-,17+/m0/s1. The van der Waals surface area contributed by atoms with Crippen LogP contribution in [0.4, 0.5) is 4.39 Å². The van der Waals surface area contributed by atoms with Gasteiger partial charge in [-0.3, -0.25) is 9.69 Å². The van der Waals surface area contributed by atoms with Crippen LogP contribution in [0.2, 0.25) is 5.02 Å². The number of carbonyl (C=O) groups excluding carboxylic acids is 1. The normalized spacial score (nSPS) is 22.2. The van der Waals surface area contributed by atoms with E-state index < -0.39 is 0 Å². The van der Waals surface area contributed by atoms with E-state index in [0.29, 0.717) is 42.8 Å². The highest BCUT2D eigenvalue weighted by molar-refractivity contribution is 6.31. The number of nitrogens with one attached hydrogen (secondary N) is 1. The number of carbonyl (C=O) groups is 1. The molecule has 2 aliphatic rings. The molecule has 0 spiro atoms. The number of morpholine rings is 1. The largest absolute Gasteiger partial charge is 0.376 e. The summed E-state index contributed by atoms with van der Waals surface area (Å²) in [4.78, 5) is 14.2. The van der Waals surface area contributed by atoms with Crippen molar-refractivity contribution < 1.29 is 18.7 Å². The number of hydrogen-bond donors (Lipinski definition) is 1. The average Bonchev–Trinajstić information content (AvgIpc) is 3.41. The minimum atomic E-state index is -0.360. The molecule has 3 rings (SSSR count). The maximum atomic E-state index is 14.5. The predicted octanol–water partition coefficient (Wildman–Crippen LogP) is 2.78. The van der Waals surface area contributed by atoms with Crippen LogP contribution in [0.1, 0.15) is 31.4 Å². The number of amides is 1. The molecule has 0 unspecified atom stereocenters. The number of hydrogen-bond acceptors (Lipinski definition) is 4. The Kier molecular flexibility index (Phi) is 6.86. The van der Waals surface area contributed by atoms with Gasteiger partial charge >= 0.3 is 0 Å². The Balaban J connectivity index is 1.65. The van der Waals surface area contributed by atoms with E-state index >= 15 is 0 Å². The first kappa shape index (κ1) is 19.5. The smallest absolute Gasteiger partial charge is 0.246 e. The molecule has 1 aliphatic carbocycles. The summed E-state index contributed by atoms with van der Waals surface area (Å²) in [6, 6.07) is 4.32. The van der Waals surface area contributed by atoms with E-state index in [1.165, 1.54) is 18.9 Å². The Morgan fingerprint density at radius 3 is 3.00 bits per heavy atom. The molecule has 7 heteroatoms. The van der Waals surface area contributed by atoms with E-state index in [1.807, 2.05) is 6.92 Å². The minimum absolute atomic E-state index is 0.0355. The molecule has 1 N–H and O–H groups in total. The van der Waals surface area contributed by atoms with Gasteiger partial charge in [0.1, 0.15) is 12.4 Å². The summed E-state index contributed by atoms with van der Waals surface area (Å²) in [5, 5.41) is 3.24. The van der Waals surface area contributed by atoms with Crippen molar-refractivity contribution in [2.45, 2.75) is 31.9 Å². The first-order valence-corrected chi connectivity index (χ1v) is 9.56. The molecule has 1 saturated heterocycles. The molecule has 0 aromatic heterocycles. The second-order valence-electron chi connectivity index (χ2n) is 7.09. The topological polar surface area (TPSA) is 50.8 Å². The average molecular weight is 385 g/mol. The maximum Gasteiger partial charge on any atom is 0.246 e. The fourth-order valence-corrected chi connectivity index (χ4v) is 3.52. The third kappa shape index (κ3) is 5.39. The third-order valence-electron chi connectivity index (χ3n) is 4.82. The summed E-state index contributed by atoms with van der Waals surface area (Å²) in [5.41, 5.74) is 0.419. The van der Waals surface area contributed by atoms with E-state index in [1.54, 1.807) is 12.1 Å². The summed E-state index contributed by atoms with van der Waals surface area (Å²) >= 11 is 6.29. The third-order valence-corrected chi connectivity index (χ3v) is 5.15. The van der Waals surface area contributed by atoms with Gasteiger partial charge < -0.3 is 14.8 Å². The van der Waals surface area contributed by atoms with Crippen molar-refractivity contribution in [3.8, 4) is 0 Å². The molecule has 1 saturated carbocycles. The molecule has 1 aliphatic heterocycles. The van der Waals surface area contributed by atoms with Crippen LogP contribution >= 0.6 is 11.6 Å². The Labute approximate surface area is 158 Å². The van der Waals surface area contributed by atoms with Crippen molar-refractivity contribution >= 4 is 17.5 Å². The van der Waals surface area contributed by atoms with Gasteiger partial charge in [-0.15, -0.1) is 0 Å². The zero-order valence-corrected chi connectivity index (χ0v) is 15.8. The Hall–Kier alpha value is -1.21. The van der Waals surface area contributed by atoms with Crippen molar-refractivity contribution in [2.75, 3.05) is 39.5 Å². The van der Waals surface area contributed by atoms with Crippen molar-refractivity contribution in [3.63, 3.8) is 0 Å². The molecule has 1 amide bonds. The number of rotatable bonds is 8. The van der Waals surface area contributed by atoms with Crippen molar-refractivity contribution in [1.29, 1.82) is 0 Å². The first-order valence-electron chi connectivity index (χ1n) is 9.18. The van der Waals surface area contributed by atoms with Crippen LogP contribution in [0.3, 0.4) is 0 Å². The van der Waals surface area contributed by atoms with Crippen molar-refractivity contribution in [1.82, 2.24) is 10.2 Å². The van der Waals surface area contributed by atoms with Crippen LogP contribution < -0.4 is 5.32 Å². The molecule has 5 nitrogen and oxygen atoms in total. The molecule has 2 atom stereocenters. The quantitative estimate of drug-likeness (QED) is 0.748. The highest BCUT2D eigenvalue weighted by atomic mass is 35.5. The Morgan fingerprint density at radius 2 is 2.31 bits per heavy atom. The number of nitrogens with zero attached hydrogens (tertiary/aromatic N) is 1. The summed E-state index contributed by atoms with van der Waals surface area (Å²) < 4.78 is 25.5. The molecule has 144 valence electrons. The zero-order valence-electron chi connectivity index (χ0n) is 15.0. The van der Waals surface area contributed by atoms with Crippen LogP contribution in [0.15, 0.2) is 18.2 Å². The highest BCUT2D eigenvalue weighted by Gasteiger charge is 2.29. The van der Waals surface area contributed by atoms with Crippen LogP contribution in [0.5, 0.6) is 0 Å². The van der Waals surface area contributed by atoms with Crippen LogP contribution in [-0.4, -0.2) is 56.4 Å². The van der Waals surface area contributed by atoms with E-state index in [4.69, 9.17) is 21.1 Å². The zero-order chi connectivity index (χ0) is 18.5. The molecule has 0 bridgehead atoms. The molecule has 1 heterocycles. The molecule has 1 aromatic carbocycles. The molecule has 2 fully saturated rings. The summed E-state index contributed by atoms with van der Waals surface area (Å²) in [5.74, 6) is 0.0629. The fourth-order valence-electron chi connectivity index (χ4n) is 3.24. The summed E-state index contributed by atoms with van der Waals surface area (Å²) in [7, 11) is 0. The van der Waals surface area contributed by atoms with E-state index in [0.717, 1.165) is 0 Å². The number of halogens is 2. The van der Waals surface area contributed by atoms with Gasteiger partial charge in [0.2, 0.25) is 5.91 Å². The lowest BCUT2D eigenvalue weighted by molar-refractivity contribution is -0.126. The second kappa shape index (κ2) is 9.13. The first-order chi connectivity index (χ1) is 12.5. The Bertz CT molecular complexity index is 607. The van der Waals surface area contributed by atoms with Gasteiger partial charge in [-0.2, -0.15) is 0 Å². The summed E-state index contributed by atoms with van der Waals surface area (Å²) in [6.45, 7) is 4.82. The molecule has 1 aromatic rings. The number of ether oxygens (including phenoxy) is 2. The fraction of sp³-hybridized carbons (Fsp3) is 0.632. The van der Waals surface area contributed by atoms with Gasteiger partial charge in [0.25, 0.3) is 0 Å². The lowest BCUT2D eigenvalue weighted by Gasteiger charge is -2.38. The SMILES string of the molecule is C[C@H]1CN([C@H](CNC(=O)COCC2CC2)c2c(F)cccc2Cl)CCO1. The molecule has 26 heavy (non-hydrogen) atoms. The molecular weight excluding hydrogens is 359 g/mol. The summed E-state index contributed by atoms with van der Waals surface area (Å²) in [6.07, 6.45) is 2.42. The minimum Gasteiger partial charge on any atom is -0.376 e. The van der Waals surface area contributed by atoms with Crippen LogP contribution in [0.25, 0.3) is 0 Å². The second-order valence-corrected chi connectivity index (χ2v) is 7.50. The van der Waals surface area contributed by atoms with Gasteiger partial charge in [0, 0.05) is 30.2 Å². The van der Waals surface area contributed by atoms with Crippen molar-refractivity contribution in [3.05, 3.63) is 34.6 Å². The van der Waals surface area contributed by atoms with E-state index in [2.05, 4.69) is 10.2 Å². The van der Waals surface area contributed by atoms with Crippen molar-refractivity contribution in [2.24, 2.45) is 5.92 Å². The maximum absolute atomic E-state index is 14.5.